The van der Waals surface area contributed by atoms with E-state index < -0.39 is 5.97 Å². The highest BCUT2D eigenvalue weighted by atomic mass is 16.4. The van der Waals surface area contributed by atoms with Gasteiger partial charge in [-0.2, -0.15) is 0 Å². The molecule has 1 saturated heterocycles. The van der Waals surface area contributed by atoms with Gasteiger partial charge in [-0.3, -0.25) is 14.5 Å². The molecule has 1 amide bonds. The van der Waals surface area contributed by atoms with Crippen molar-refractivity contribution in [3.8, 4) is 0 Å². The first-order valence-corrected chi connectivity index (χ1v) is 8.79. The maximum Gasteiger partial charge on any atom is 0.317 e. The zero-order valence-electron chi connectivity index (χ0n) is 14.9. The SMILES string of the molecule is CCc1cc(C(=O)N2CCCC(N(C)CC(=O)O)CC2)oc1CC. The molecule has 0 spiro atoms. The second kappa shape index (κ2) is 8.33. The van der Waals surface area contributed by atoms with Gasteiger partial charge in [0.1, 0.15) is 5.76 Å². The summed E-state index contributed by atoms with van der Waals surface area (Å²) in [6, 6.07) is 2.08. The Bertz CT molecular complexity index is 560. The third kappa shape index (κ3) is 4.38. The van der Waals surface area contributed by atoms with Crippen LogP contribution in [0.4, 0.5) is 0 Å². The second-order valence-electron chi connectivity index (χ2n) is 6.45. The lowest BCUT2D eigenvalue weighted by atomic mass is 10.1. The number of aliphatic carboxylic acids is 1. The zero-order valence-corrected chi connectivity index (χ0v) is 14.9. The topological polar surface area (TPSA) is 74.0 Å². The van der Waals surface area contributed by atoms with Crippen LogP contribution in [0.2, 0.25) is 0 Å². The number of carboxylic acid groups (broad SMARTS) is 1. The molecule has 0 saturated carbocycles. The van der Waals surface area contributed by atoms with Gasteiger partial charge < -0.3 is 14.4 Å². The highest BCUT2D eigenvalue weighted by molar-refractivity contribution is 5.91. The van der Waals surface area contributed by atoms with E-state index in [1.165, 1.54) is 0 Å². The average molecular weight is 336 g/mol. The zero-order chi connectivity index (χ0) is 17.7. The number of rotatable bonds is 6. The average Bonchev–Trinajstić information content (AvgIpc) is 2.81. The van der Waals surface area contributed by atoms with Crippen LogP contribution < -0.4 is 0 Å². The molecule has 6 nitrogen and oxygen atoms in total. The first-order valence-electron chi connectivity index (χ1n) is 8.79. The van der Waals surface area contributed by atoms with E-state index in [0.717, 1.165) is 43.4 Å². The molecule has 1 aliphatic rings. The lowest BCUT2D eigenvalue weighted by Crippen LogP contribution is -2.37. The molecular weight excluding hydrogens is 308 g/mol. The van der Waals surface area contributed by atoms with E-state index in [1.807, 2.05) is 29.8 Å². The number of carboxylic acids is 1. The van der Waals surface area contributed by atoms with E-state index in [-0.39, 0.29) is 18.5 Å². The molecule has 1 aromatic rings. The highest BCUT2D eigenvalue weighted by Gasteiger charge is 2.26. The molecule has 1 atom stereocenters. The predicted octanol–water partition coefficient (Wildman–Crippen LogP) is 2.42. The van der Waals surface area contributed by atoms with E-state index in [4.69, 9.17) is 9.52 Å². The van der Waals surface area contributed by atoms with Crippen molar-refractivity contribution in [3.05, 3.63) is 23.2 Å². The first-order chi connectivity index (χ1) is 11.5. The maximum absolute atomic E-state index is 12.7. The molecule has 0 aromatic carbocycles. The molecule has 1 unspecified atom stereocenters. The fourth-order valence-corrected chi connectivity index (χ4v) is 3.39. The number of hydrogen-bond donors (Lipinski definition) is 1. The summed E-state index contributed by atoms with van der Waals surface area (Å²) < 4.78 is 5.76. The fourth-order valence-electron chi connectivity index (χ4n) is 3.39. The van der Waals surface area contributed by atoms with Crippen LogP contribution >= 0.6 is 0 Å². The van der Waals surface area contributed by atoms with Gasteiger partial charge in [0.2, 0.25) is 0 Å². The summed E-state index contributed by atoms with van der Waals surface area (Å²) >= 11 is 0. The quantitative estimate of drug-likeness (QED) is 0.863. The first kappa shape index (κ1) is 18.5. The molecule has 134 valence electrons. The molecule has 0 bridgehead atoms. The molecule has 6 heteroatoms. The van der Waals surface area contributed by atoms with E-state index in [1.54, 1.807) is 0 Å². The van der Waals surface area contributed by atoms with Crippen molar-refractivity contribution in [2.45, 2.75) is 52.0 Å². The van der Waals surface area contributed by atoms with Crippen LogP contribution in [-0.2, 0) is 17.6 Å². The van der Waals surface area contributed by atoms with Gasteiger partial charge in [0.15, 0.2) is 5.76 Å². The summed E-state index contributed by atoms with van der Waals surface area (Å²) in [5.74, 6) is 0.464. The van der Waals surface area contributed by atoms with Crippen molar-refractivity contribution >= 4 is 11.9 Å². The Kier molecular flexibility index (Phi) is 6.43. The molecule has 2 rings (SSSR count). The standard InChI is InChI=1S/C18H28N2O4/c1-4-13-11-16(24-15(13)5-2)18(23)20-9-6-7-14(8-10-20)19(3)12-17(21)22/h11,14H,4-10,12H2,1-3H3,(H,21,22). The molecule has 1 aliphatic heterocycles. The van der Waals surface area contributed by atoms with Gasteiger partial charge in [-0.1, -0.05) is 13.8 Å². The van der Waals surface area contributed by atoms with Crippen LogP contribution in [0, 0.1) is 0 Å². The lowest BCUT2D eigenvalue weighted by molar-refractivity contribution is -0.138. The van der Waals surface area contributed by atoms with Crippen LogP contribution in [-0.4, -0.2) is 59.5 Å². The Labute approximate surface area is 143 Å². The second-order valence-corrected chi connectivity index (χ2v) is 6.45. The maximum atomic E-state index is 12.7. The summed E-state index contributed by atoms with van der Waals surface area (Å²) in [4.78, 5) is 27.3. The summed E-state index contributed by atoms with van der Waals surface area (Å²) in [5, 5.41) is 8.93. The van der Waals surface area contributed by atoms with Gasteiger partial charge in [0.25, 0.3) is 5.91 Å². The van der Waals surface area contributed by atoms with Crippen LogP contribution in [0.5, 0.6) is 0 Å². The van der Waals surface area contributed by atoms with Gasteiger partial charge in [-0.25, -0.2) is 0 Å². The number of amides is 1. The number of hydrogen-bond acceptors (Lipinski definition) is 4. The third-order valence-corrected chi connectivity index (χ3v) is 4.80. The molecular formula is C18H28N2O4. The fraction of sp³-hybridized carbons (Fsp3) is 0.667. The Hall–Kier alpha value is -1.82. The molecule has 2 heterocycles. The number of carbonyl (C=O) groups excluding carboxylic acids is 1. The largest absolute Gasteiger partial charge is 0.480 e. The van der Waals surface area contributed by atoms with Crippen molar-refractivity contribution in [1.82, 2.24) is 9.80 Å². The van der Waals surface area contributed by atoms with Gasteiger partial charge >= 0.3 is 5.97 Å². The molecule has 0 aliphatic carbocycles. The van der Waals surface area contributed by atoms with E-state index in [0.29, 0.717) is 18.8 Å². The van der Waals surface area contributed by atoms with Gasteiger partial charge in [0, 0.05) is 25.6 Å². The van der Waals surface area contributed by atoms with Crippen molar-refractivity contribution in [3.63, 3.8) is 0 Å². The molecule has 1 aromatic heterocycles. The van der Waals surface area contributed by atoms with Crippen LogP contribution in [0.1, 0.15) is 55.0 Å². The minimum Gasteiger partial charge on any atom is -0.480 e. The van der Waals surface area contributed by atoms with E-state index in [9.17, 15) is 9.59 Å². The lowest BCUT2D eigenvalue weighted by Gasteiger charge is -2.25. The Balaban J connectivity index is 2.01. The predicted molar refractivity (Wildman–Crippen MR) is 91.3 cm³/mol. The number of carbonyl (C=O) groups is 2. The summed E-state index contributed by atoms with van der Waals surface area (Å²) in [5.41, 5.74) is 1.11. The van der Waals surface area contributed by atoms with Crippen molar-refractivity contribution < 1.29 is 19.1 Å². The van der Waals surface area contributed by atoms with Crippen LogP contribution in [0.25, 0.3) is 0 Å². The summed E-state index contributed by atoms with van der Waals surface area (Å²) in [7, 11) is 1.84. The smallest absolute Gasteiger partial charge is 0.317 e. The van der Waals surface area contributed by atoms with Gasteiger partial charge in [0.05, 0.1) is 6.54 Å². The number of likely N-dealkylation sites (N-methyl/N-ethyl adjacent to an activating group) is 1. The van der Waals surface area contributed by atoms with Crippen LogP contribution in [0.3, 0.4) is 0 Å². The Morgan fingerprint density at radius 1 is 1.29 bits per heavy atom. The molecule has 1 N–H and O–H groups in total. The normalized spacial score (nSPS) is 18.7. The number of likely N-dealkylation sites (tertiary alicyclic amines) is 1. The molecule has 24 heavy (non-hydrogen) atoms. The summed E-state index contributed by atoms with van der Waals surface area (Å²) in [6.07, 6.45) is 4.23. The van der Waals surface area contributed by atoms with E-state index in [2.05, 4.69) is 6.92 Å². The third-order valence-electron chi connectivity index (χ3n) is 4.80. The minimum atomic E-state index is -0.815. The highest BCUT2D eigenvalue weighted by Crippen LogP contribution is 2.21. The number of aryl methyl sites for hydroxylation is 2. The molecule has 0 radical (unpaired) electrons. The number of nitrogens with zero attached hydrogens (tertiary/aromatic N) is 2. The monoisotopic (exact) mass is 336 g/mol. The minimum absolute atomic E-state index is 0.0382. The van der Waals surface area contributed by atoms with Gasteiger partial charge in [-0.05, 0) is 44.4 Å². The van der Waals surface area contributed by atoms with Crippen molar-refractivity contribution in [2.75, 3.05) is 26.7 Å². The van der Waals surface area contributed by atoms with Crippen LogP contribution in [0.15, 0.2) is 10.5 Å². The van der Waals surface area contributed by atoms with Crippen molar-refractivity contribution in [2.24, 2.45) is 0 Å². The Morgan fingerprint density at radius 2 is 2.04 bits per heavy atom. The molecule has 1 fully saturated rings. The van der Waals surface area contributed by atoms with E-state index >= 15 is 0 Å². The number of furan rings is 1. The summed E-state index contributed by atoms with van der Waals surface area (Å²) in [6.45, 7) is 5.46. The van der Waals surface area contributed by atoms with Crippen molar-refractivity contribution in [1.29, 1.82) is 0 Å². The van der Waals surface area contributed by atoms with Gasteiger partial charge in [-0.15, -0.1) is 0 Å². The Morgan fingerprint density at radius 3 is 2.62 bits per heavy atom.